The van der Waals surface area contributed by atoms with E-state index in [1.54, 1.807) is 24.3 Å². The third-order valence-electron chi connectivity index (χ3n) is 4.39. The molecule has 20 heavy (non-hydrogen) atoms. The Kier molecular flexibility index (Phi) is 3.79. The molecule has 4 nitrogen and oxygen atoms in total. The number of rotatable bonds is 3. The molecule has 0 bridgehead atoms. The van der Waals surface area contributed by atoms with Gasteiger partial charge in [0.25, 0.3) is 0 Å². The van der Waals surface area contributed by atoms with Crippen LogP contribution in [0.1, 0.15) is 32.1 Å². The van der Waals surface area contributed by atoms with Gasteiger partial charge in [0, 0.05) is 16.6 Å². The van der Waals surface area contributed by atoms with Crippen molar-refractivity contribution < 1.29 is 8.42 Å². The maximum atomic E-state index is 12.4. The SMILES string of the molecule is O=S(=O)(NC1CCNC2(CCC2)C1)c1ccc(Cl)cc1. The Labute approximate surface area is 125 Å². The Morgan fingerprint density at radius 3 is 2.55 bits per heavy atom. The molecule has 0 aromatic heterocycles. The van der Waals surface area contributed by atoms with Gasteiger partial charge in [0.2, 0.25) is 10.0 Å². The lowest BCUT2D eigenvalue weighted by molar-refractivity contribution is 0.126. The van der Waals surface area contributed by atoms with Crippen LogP contribution in [0.4, 0.5) is 0 Å². The molecular formula is C14H19ClN2O2S. The lowest BCUT2D eigenvalue weighted by Gasteiger charge is -2.48. The van der Waals surface area contributed by atoms with Crippen molar-refractivity contribution in [3.63, 3.8) is 0 Å². The summed E-state index contributed by atoms with van der Waals surface area (Å²) in [5.74, 6) is 0. The van der Waals surface area contributed by atoms with Gasteiger partial charge in [0.05, 0.1) is 4.90 Å². The summed E-state index contributed by atoms with van der Waals surface area (Å²) >= 11 is 5.79. The summed E-state index contributed by atoms with van der Waals surface area (Å²) in [6.07, 6.45) is 5.29. The Morgan fingerprint density at radius 1 is 1.25 bits per heavy atom. The van der Waals surface area contributed by atoms with Crippen LogP contribution in [0.3, 0.4) is 0 Å². The van der Waals surface area contributed by atoms with E-state index < -0.39 is 10.0 Å². The first kappa shape index (κ1) is 14.3. The first-order valence-corrected chi connectivity index (χ1v) is 8.88. The van der Waals surface area contributed by atoms with E-state index in [1.807, 2.05) is 0 Å². The van der Waals surface area contributed by atoms with Crippen molar-refractivity contribution in [1.29, 1.82) is 0 Å². The normalized spacial score (nSPS) is 25.4. The number of piperidine rings is 1. The van der Waals surface area contributed by atoms with Crippen molar-refractivity contribution >= 4 is 21.6 Å². The van der Waals surface area contributed by atoms with Gasteiger partial charge in [-0.2, -0.15) is 0 Å². The van der Waals surface area contributed by atoms with Crippen LogP contribution in [0.2, 0.25) is 5.02 Å². The van der Waals surface area contributed by atoms with Gasteiger partial charge < -0.3 is 5.32 Å². The zero-order valence-electron chi connectivity index (χ0n) is 11.2. The highest BCUT2D eigenvalue weighted by Crippen LogP contribution is 2.38. The Hall–Kier alpha value is -0.620. The molecule has 1 heterocycles. The molecule has 1 unspecified atom stereocenters. The quantitative estimate of drug-likeness (QED) is 0.900. The van der Waals surface area contributed by atoms with E-state index >= 15 is 0 Å². The lowest BCUT2D eigenvalue weighted by atomic mass is 9.70. The summed E-state index contributed by atoms with van der Waals surface area (Å²) in [4.78, 5) is 0.281. The van der Waals surface area contributed by atoms with Crippen LogP contribution in [-0.2, 0) is 10.0 Å². The van der Waals surface area contributed by atoms with Crippen LogP contribution in [-0.4, -0.2) is 26.5 Å². The fourth-order valence-electron chi connectivity index (χ4n) is 3.14. The third kappa shape index (κ3) is 2.86. The van der Waals surface area contributed by atoms with Gasteiger partial charge in [0.1, 0.15) is 0 Å². The van der Waals surface area contributed by atoms with Crippen LogP contribution >= 0.6 is 11.6 Å². The minimum absolute atomic E-state index is 0.0252. The largest absolute Gasteiger partial charge is 0.311 e. The maximum absolute atomic E-state index is 12.4. The number of hydrogen-bond donors (Lipinski definition) is 2. The molecule has 1 aromatic carbocycles. The van der Waals surface area contributed by atoms with Crippen molar-refractivity contribution in [2.75, 3.05) is 6.54 Å². The van der Waals surface area contributed by atoms with E-state index in [0.29, 0.717) is 5.02 Å². The molecule has 0 amide bonds. The van der Waals surface area contributed by atoms with Gasteiger partial charge in [-0.1, -0.05) is 11.6 Å². The third-order valence-corrected chi connectivity index (χ3v) is 6.17. The van der Waals surface area contributed by atoms with Gasteiger partial charge >= 0.3 is 0 Å². The fourth-order valence-corrected chi connectivity index (χ4v) is 4.54. The van der Waals surface area contributed by atoms with E-state index in [4.69, 9.17) is 11.6 Å². The number of nitrogens with one attached hydrogen (secondary N) is 2. The molecule has 3 rings (SSSR count). The molecular weight excluding hydrogens is 296 g/mol. The van der Waals surface area contributed by atoms with Gasteiger partial charge in [0.15, 0.2) is 0 Å². The molecule has 2 fully saturated rings. The molecule has 1 aliphatic carbocycles. The predicted octanol–water partition coefficient (Wildman–Crippen LogP) is 2.29. The molecule has 6 heteroatoms. The fraction of sp³-hybridized carbons (Fsp3) is 0.571. The average molecular weight is 315 g/mol. The van der Waals surface area contributed by atoms with Crippen molar-refractivity contribution in [3.05, 3.63) is 29.3 Å². The molecule has 0 radical (unpaired) electrons. The summed E-state index contributed by atoms with van der Waals surface area (Å²) in [6.45, 7) is 0.883. The van der Waals surface area contributed by atoms with Crippen molar-refractivity contribution in [2.45, 2.75) is 48.6 Å². The van der Waals surface area contributed by atoms with Gasteiger partial charge in [-0.15, -0.1) is 0 Å². The maximum Gasteiger partial charge on any atom is 0.240 e. The second kappa shape index (κ2) is 5.30. The number of halogens is 1. The first-order chi connectivity index (χ1) is 9.49. The monoisotopic (exact) mass is 314 g/mol. The van der Waals surface area contributed by atoms with E-state index in [2.05, 4.69) is 10.0 Å². The van der Waals surface area contributed by atoms with Crippen LogP contribution < -0.4 is 10.0 Å². The van der Waals surface area contributed by atoms with E-state index in [9.17, 15) is 8.42 Å². The second-order valence-electron chi connectivity index (χ2n) is 5.83. The number of hydrogen-bond acceptors (Lipinski definition) is 3. The molecule has 1 saturated heterocycles. The van der Waals surface area contributed by atoms with Crippen LogP contribution in [0.25, 0.3) is 0 Å². The van der Waals surface area contributed by atoms with E-state index in [1.165, 1.54) is 6.42 Å². The van der Waals surface area contributed by atoms with Gasteiger partial charge in [-0.3, -0.25) is 0 Å². The zero-order chi connectivity index (χ0) is 14.2. The topological polar surface area (TPSA) is 58.2 Å². The molecule has 110 valence electrons. The van der Waals surface area contributed by atoms with Gasteiger partial charge in [-0.05, 0) is 62.9 Å². The Morgan fingerprint density at radius 2 is 1.95 bits per heavy atom. The smallest absolute Gasteiger partial charge is 0.240 e. The zero-order valence-corrected chi connectivity index (χ0v) is 12.8. The summed E-state index contributed by atoms with van der Waals surface area (Å²) in [7, 11) is -3.45. The van der Waals surface area contributed by atoms with Crippen molar-refractivity contribution in [3.8, 4) is 0 Å². The summed E-state index contributed by atoms with van der Waals surface area (Å²) in [5, 5.41) is 4.08. The van der Waals surface area contributed by atoms with Crippen molar-refractivity contribution in [2.24, 2.45) is 0 Å². The minimum atomic E-state index is -3.45. The van der Waals surface area contributed by atoms with Crippen molar-refractivity contribution in [1.82, 2.24) is 10.0 Å². The predicted molar refractivity (Wildman–Crippen MR) is 79.4 cm³/mol. The molecule has 2 N–H and O–H groups in total. The van der Waals surface area contributed by atoms with Gasteiger partial charge in [-0.25, -0.2) is 13.1 Å². The molecule has 1 aromatic rings. The standard InChI is InChI=1S/C14H19ClN2O2S/c15-11-2-4-13(5-3-11)20(18,19)17-12-6-9-16-14(10-12)7-1-8-14/h2-5,12,16-17H,1,6-10H2. The summed E-state index contributed by atoms with van der Waals surface area (Å²) < 4.78 is 27.6. The van der Waals surface area contributed by atoms with Crippen LogP contribution in [0.15, 0.2) is 29.2 Å². The molecule has 1 spiro atoms. The minimum Gasteiger partial charge on any atom is -0.311 e. The second-order valence-corrected chi connectivity index (χ2v) is 7.98. The Balaban J connectivity index is 1.71. The molecule has 1 atom stereocenters. The average Bonchev–Trinajstić information content (AvgIpc) is 2.37. The highest BCUT2D eigenvalue weighted by molar-refractivity contribution is 7.89. The molecule has 1 aliphatic heterocycles. The molecule has 2 aliphatic rings. The first-order valence-electron chi connectivity index (χ1n) is 7.02. The lowest BCUT2D eigenvalue weighted by Crippen LogP contribution is -2.59. The Bertz CT molecular complexity index is 582. The number of benzene rings is 1. The summed E-state index contributed by atoms with van der Waals surface area (Å²) in [6, 6.07) is 6.32. The van der Waals surface area contributed by atoms with E-state index in [0.717, 1.165) is 32.2 Å². The number of sulfonamides is 1. The highest BCUT2D eigenvalue weighted by Gasteiger charge is 2.41. The summed E-state index contributed by atoms with van der Waals surface area (Å²) in [5.41, 5.74) is 0.186. The van der Waals surface area contributed by atoms with Crippen LogP contribution in [0, 0.1) is 0 Å². The highest BCUT2D eigenvalue weighted by atomic mass is 35.5. The van der Waals surface area contributed by atoms with E-state index in [-0.39, 0.29) is 16.5 Å². The van der Waals surface area contributed by atoms with Crippen LogP contribution in [0.5, 0.6) is 0 Å². The molecule has 1 saturated carbocycles.